The Hall–Kier alpha value is -1.46. The molecule has 2 atom stereocenters. The average Bonchev–Trinajstić information content (AvgIpc) is 3.04. The van der Waals surface area contributed by atoms with Gasteiger partial charge in [0.2, 0.25) is 0 Å². The quantitative estimate of drug-likeness (QED) is 0.575. The summed E-state index contributed by atoms with van der Waals surface area (Å²) in [7, 11) is 1.72. The predicted molar refractivity (Wildman–Crippen MR) is 107 cm³/mol. The number of hydrogen-bond acceptors (Lipinski definition) is 3. The maximum Gasteiger partial charge on any atom is 0.191 e. The summed E-state index contributed by atoms with van der Waals surface area (Å²) in [6.45, 7) is 10.7. The molecule has 1 saturated heterocycles. The van der Waals surface area contributed by atoms with Crippen molar-refractivity contribution in [2.75, 3.05) is 44.8 Å². The Balaban J connectivity index is 1.93. The van der Waals surface area contributed by atoms with E-state index in [1.807, 2.05) is 6.07 Å². The number of nitrogens with zero attached hydrogens (tertiary/aromatic N) is 2. The second kappa shape index (κ2) is 9.88. The van der Waals surface area contributed by atoms with E-state index in [0.29, 0.717) is 12.5 Å². The third-order valence-electron chi connectivity index (χ3n) is 4.45. The standard InChI is InChI=1S/C19H31ClN4O/c1-5-21-19(23-15(3)13-25-4)22-11-16-8-9-24(12-16)18-10-17(20)7-6-14(18)2/h6-7,10,15-16H,5,8-9,11-13H2,1-4H3,(H2,21,22,23). The third-order valence-corrected chi connectivity index (χ3v) is 4.68. The summed E-state index contributed by atoms with van der Waals surface area (Å²) in [6.07, 6.45) is 1.16. The van der Waals surface area contributed by atoms with Gasteiger partial charge in [-0.25, -0.2) is 0 Å². The number of anilines is 1. The van der Waals surface area contributed by atoms with Crippen molar-refractivity contribution in [3.05, 3.63) is 28.8 Å². The van der Waals surface area contributed by atoms with Crippen LogP contribution >= 0.6 is 11.6 Å². The maximum absolute atomic E-state index is 6.17. The molecule has 1 aromatic carbocycles. The van der Waals surface area contributed by atoms with Gasteiger partial charge in [-0.1, -0.05) is 17.7 Å². The van der Waals surface area contributed by atoms with Gasteiger partial charge < -0.3 is 20.3 Å². The molecule has 25 heavy (non-hydrogen) atoms. The van der Waals surface area contributed by atoms with Crippen LogP contribution in [0.25, 0.3) is 0 Å². The zero-order valence-electron chi connectivity index (χ0n) is 15.8. The van der Waals surface area contributed by atoms with Gasteiger partial charge in [-0.15, -0.1) is 0 Å². The Morgan fingerprint density at radius 2 is 2.28 bits per heavy atom. The first kappa shape index (κ1) is 19.9. The second-order valence-electron chi connectivity index (χ2n) is 6.75. The van der Waals surface area contributed by atoms with Crippen molar-refractivity contribution >= 4 is 23.2 Å². The molecule has 2 N–H and O–H groups in total. The summed E-state index contributed by atoms with van der Waals surface area (Å²) in [5.41, 5.74) is 2.52. The van der Waals surface area contributed by atoms with E-state index in [1.165, 1.54) is 11.3 Å². The Morgan fingerprint density at radius 1 is 1.48 bits per heavy atom. The number of nitrogens with one attached hydrogen (secondary N) is 2. The van der Waals surface area contributed by atoms with Gasteiger partial charge in [-0.3, -0.25) is 4.99 Å². The highest BCUT2D eigenvalue weighted by atomic mass is 35.5. The zero-order chi connectivity index (χ0) is 18.2. The minimum absolute atomic E-state index is 0.233. The number of guanidine groups is 1. The van der Waals surface area contributed by atoms with Crippen LogP contribution in [0.3, 0.4) is 0 Å². The van der Waals surface area contributed by atoms with E-state index in [1.54, 1.807) is 7.11 Å². The lowest BCUT2D eigenvalue weighted by atomic mass is 10.1. The highest BCUT2D eigenvalue weighted by Crippen LogP contribution is 2.29. The number of ether oxygens (including phenoxy) is 1. The van der Waals surface area contributed by atoms with Crippen molar-refractivity contribution in [2.24, 2.45) is 10.9 Å². The second-order valence-corrected chi connectivity index (χ2v) is 7.19. The summed E-state index contributed by atoms with van der Waals surface area (Å²) >= 11 is 6.17. The first-order valence-electron chi connectivity index (χ1n) is 9.08. The van der Waals surface area contributed by atoms with Crippen LogP contribution in [-0.4, -0.2) is 51.9 Å². The van der Waals surface area contributed by atoms with E-state index in [0.717, 1.165) is 43.6 Å². The van der Waals surface area contributed by atoms with E-state index >= 15 is 0 Å². The highest BCUT2D eigenvalue weighted by Gasteiger charge is 2.23. The molecular weight excluding hydrogens is 336 g/mol. The van der Waals surface area contributed by atoms with E-state index in [9.17, 15) is 0 Å². The van der Waals surface area contributed by atoms with Gasteiger partial charge in [0.1, 0.15) is 0 Å². The molecule has 0 saturated carbocycles. The van der Waals surface area contributed by atoms with Crippen LogP contribution < -0.4 is 15.5 Å². The fourth-order valence-electron chi connectivity index (χ4n) is 3.19. The van der Waals surface area contributed by atoms with E-state index in [-0.39, 0.29) is 6.04 Å². The largest absolute Gasteiger partial charge is 0.383 e. The van der Waals surface area contributed by atoms with Crippen LogP contribution in [0.1, 0.15) is 25.8 Å². The molecular formula is C19H31ClN4O. The Morgan fingerprint density at radius 3 is 3.00 bits per heavy atom. The van der Waals surface area contributed by atoms with Crippen molar-refractivity contribution in [3.8, 4) is 0 Å². The number of hydrogen-bond donors (Lipinski definition) is 2. The topological polar surface area (TPSA) is 48.9 Å². The Labute approximate surface area is 156 Å². The van der Waals surface area contributed by atoms with Crippen molar-refractivity contribution in [1.29, 1.82) is 0 Å². The highest BCUT2D eigenvalue weighted by molar-refractivity contribution is 6.30. The first-order chi connectivity index (χ1) is 12.0. The minimum Gasteiger partial charge on any atom is -0.383 e. The van der Waals surface area contributed by atoms with Gasteiger partial charge in [0.15, 0.2) is 5.96 Å². The Kier molecular flexibility index (Phi) is 7.85. The van der Waals surface area contributed by atoms with Crippen molar-refractivity contribution < 1.29 is 4.74 Å². The molecule has 140 valence electrons. The number of aliphatic imine (C=N–C) groups is 1. The molecule has 2 unspecified atom stereocenters. The molecule has 0 aromatic heterocycles. The van der Waals surface area contributed by atoms with Crippen LogP contribution in [0.4, 0.5) is 5.69 Å². The average molecular weight is 367 g/mol. The summed E-state index contributed by atoms with van der Waals surface area (Å²) in [5, 5.41) is 7.49. The van der Waals surface area contributed by atoms with Gasteiger partial charge >= 0.3 is 0 Å². The molecule has 0 aliphatic carbocycles. The van der Waals surface area contributed by atoms with Crippen LogP contribution in [0.15, 0.2) is 23.2 Å². The number of rotatable bonds is 7. The summed E-state index contributed by atoms with van der Waals surface area (Å²) in [6, 6.07) is 6.35. The fourth-order valence-corrected chi connectivity index (χ4v) is 3.36. The smallest absolute Gasteiger partial charge is 0.191 e. The van der Waals surface area contributed by atoms with Gasteiger partial charge in [0.05, 0.1) is 6.61 Å². The number of benzene rings is 1. The van der Waals surface area contributed by atoms with E-state index < -0.39 is 0 Å². The van der Waals surface area contributed by atoms with Gasteiger partial charge in [-0.2, -0.15) is 0 Å². The third kappa shape index (κ3) is 6.08. The predicted octanol–water partition coefficient (Wildman–Crippen LogP) is 3.06. The molecule has 1 heterocycles. The van der Waals surface area contributed by atoms with Crippen LogP contribution in [0, 0.1) is 12.8 Å². The van der Waals surface area contributed by atoms with Gasteiger partial charge in [0, 0.05) is 50.0 Å². The molecule has 1 aliphatic heterocycles. The molecule has 0 spiro atoms. The SMILES string of the molecule is CCNC(=NCC1CCN(c2cc(Cl)ccc2C)C1)NC(C)COC. The maximum atomic E-state index is 6.17. The Bertz CT molecular complexity index is 579. The van der Waals surface area contributed by atoms with E-state index in [4.69, 9.17) is 21.3 Å². The van der Waals surface area contributed by atoms with Crippen molar-refractivity contribution in [1.82, 2.24) is 10.6 Å². The number of halogens is 1. The normalized spacial score (nSPS) is 19.2. The van der Waals surface area contributed by atoms with Crippen LogP contribution in [-0.2, 0) is 4.74 Å². The van der Waals surface area contributed by atoms with Crippen LogP contribution in [0.2, 0.25) is 5.02 Å². The summed E-state index contributed by atoms with van der Waals surface area (Å²) in [5.74, 6) is 1.43. The molecule has 1 aromatic rings. The van der Waals surface area contributed by atoms with Gasteiger partial charge in [0.25, 0.3) is 0 Å². The van der Waals surface area contributed by atoms with Gasteiger partial charge in [-0.05, 0) is 50.8 Å². The molecule has 0 bridgehead atoms. The number of methoxy groups -OCH3 is 1. The minimum atomic E-state index is 0.233. The lowest BCUT2D eigenvalue weighted by molar-refractivity contribution is 0.179. The fraction of sp³-hybridized carbons (Fsp3) is 0.632. The summed E-state index contributed by atoms with van der Waals surface area (Å²) < 4.78 is 5.18. The molecule has 0 radical (unpaired) electrons. The molecule has 2 rings (SSSR count). The lowest BCUT2D eigenvalue weighted by Crippen LogP contribution is -2.44. The van der Waals surface area contributed by atoms with Crippen LogP contribution in [0.5, 0.6) is 0 Å². The zero-order valence-corrected chi connectivity index (χ0v) is 16.6. The first-order valence-corrected chi connectivity index (χ1v) is 9.46. The lowest BCUT2D eigenvalue weighted by Gasteiger charge is -2.21. The molecule has 6 heteroatoms. The van der Waals surface area contributed by atoms with Crippen molar-refractivity contribution in [3.63, 3.8) is 0 Å². The molecule has 0 amide bonds. The van der Waals surface area contributed by atoms with Crippen molar-refractivity contribution in [2.45, 2.75) is 33.2 Å². The molecule has 5 nitrogen and oxygen atoms in total. The molecule has 1 aliphatic rings. The molecule has 1 fully saturated rings. The summed E-state index contributed by atoms with van der Waals surface area (Å²) in [4.78, 5) is 7.20. The van der Waals surface area contributed by atoms with E-state index in [2.05, 4.69) is 48.4 Å². The number of aryl methyl sites for hydroxylation is 1. The monoisotopic (exact) mass is 366 g/mol.